The predicted molar refractivity (Wildman–Crippen MR) is 60.2 cm³/mol. The van der Waals surface area contributed by atoms with E-state index in [1.54, 1.807) is 0 Å². The lowest BCUT2D eigenvalue weighted by Gasteiger charge is -2.36. The van der Waals surface area contributed by atoms with Crippen LogP contribution in [0.25, 0.3) is 0 Å². The Kier molecular flexibility index (Phi) is 3.45. The number of likely N-dealkylation sites (tertiary alicyclic amines) is 1. The van der Waals surface area contributed by atoms with E-state index in [0.717, 1.165) is 38.8 Å². The summed E-state index contributed by atoms with van der Waals surface area (Å²) in [6.45, 7) is 1.85. The summed E-state index contributed by atoms with van der Waals surface area (Å²) in [6, 6.07) is 2.84. The largest absolute Gasteiger partial charge is 0.369 e. The van der Waals surface area contributed by atoms with Gasteiger partial charge in [0.1, 0.15) is 0 Å². The van der Waals surface area contributed by atoms with Crippen LogP contribution in [0, 0.1) is 23.2 Å². The van der Waals surface area contributed by atoms with Crippen molar-refractivity contribution in [2.45, 2.75) is 38.1 Å². The molecule has 0 aromatic heterocycles. The van der Waals surface area contributed by atoms with Crippen molar-refractivity contribution in [1.82, 2.24) is 4.90 Å². The van der Waals surface area contributed by atoms with Crippen molar-refractivity contribution in [3.63, 3.8) is 0 Å². The molecule has 0 radical (unpaired) electrons. The molecule has 1 aliphatic carbocycles. The lowest BCUT2D eigenvalue weighted by Crippen LogP contribution is -2.45. The Morgan fingerprint density at radius 2 is 1.94 bits per heavy atom. The third kappa shape index (κ3) is 2.19. The van der Waals surface area contributed by atoms with E-state index in [4.69, 9.17) is 11.0 Å². The molecule has 1 saturated carbocycles. The van der Waals surface area contributed by atoms with E-state index in [9.17, 15) is 4.79 Å². The highest BCUT2D eigenvalue weighted by Crippen LogP contribution is 2.32. The molecule has 0 spiro atoms. The number of amides is 1. The van der Waals surface area contributed by atoms with Gasteiger partial charge in [-0.05, 0) is 38.8 Å². The molecular formula is C12H19N3O. The van der Waals surface area contributed by atoms with Crippen molar-refractivity contribution >= 4 is 5.91 Å². The van der Waals surface area contributed by atoms with Gasteiger partial charge in [-0.2, -0.15) is 5.26 Å². The van der Waals surface area contributed by atoms with Crippen LogP contribution in [0.5, 0.6) is 0 Å². The van der Waals surface area contributed by atoms with E-state index in [1.165, 1.54) is 6.42 Å². The van der Waals surface area contributed by atoms with Gasteiger partial charge in [0.25, 0.3) is 0 Å². The van der Waals surface area contributed by atoms with Crippen molar-refractivity contribution in [3.05, 3.63) is 0 Å². The fourth-order valence-electron chi connectivity index (χ4n) is 3.04. The summed E-state index contributed by atoms with van der Waals surface area (Å²) >= 11 is 0. The number of hydrogen-bond donors (Lipinski definition) is 1. The molecule has 2 rings (SSSR count). The summed E-state index contributed by atoms with van der Waals surface area (Å²) in [5.74, 6) is 0.0891. The minimum absolute atomic E-state index is 0.0539. The summed E-state index contributed by atoms with van der Waals surface area (Å²) < 4.78 is 0. The lowest BCUT2D eigenvalue weighted by molar-refractivity contribution is -0.123. The van der Waals surface area contributed by atoms with Gasteiger partial charge in [0.2, 0.25) is 5.91 Å². The second-order valence-electron chi connectivity index (χ2n) is 4.95. The molecule has 2 aliphatic rings. The molecular weight excluding hydrogens is 202 g/mol. The summed E-state index contributed by atoms with van der Waals surface area (Å²) in [7, 11) is 0. The number of nitrogens with zero attached hydrogens (tertiary/aromatic N) is 2. The second-order valence-corrected chi connectivity index (χ2v) is 4.95. The standard InChI is InChI=1S/C12H19N3O/c13-8-10-2-1-3-11(10)15-6-4-9(5-7-15)12(14)16/h9-11H,1-7H2,(H2,14,16). The van der Waals surface area contributed by atoms with Gasteiger partial charge in [-0.15, -0.1) is 0 Å². The molecule has 2 N–H and O–H groups in total. The Morgan fingerprint density at radius 1 is 1.25 bits per heavy atom. The van der Waals surface area contributed by atoms with Crippen molar-refractivity contribution in [3.8, 4) is 6.07 Å². The van der Waals surface area contributed by atoms with E-state index in [-0.39, 0.29) is 17.7 Å². The molecule has 2 atom stereocenters. The highest BCUT2D eigenvalue weighted by Gasteiger charge is 2.34. The van der Waals surface area contributed by atoms with Crippen LogP contribution in [0.1, 0.15) is 32.1 Å². The number of hydrogen-bond acceptors (Lipinski definition) is 3. The van der Waals surface area contributed by atoms with Crippen LogP contribution in [0.15, 0.2) is 0 Å². The number of piperidine rings is 1. The van der Waals surface area contributed by atoms with Crippen LogP contribution in [0.3, 0.4) is 0 Å². The average molecular weight is 221 g/mol. The first kappa shape index (κ1) is 11.4. The molecule has 1 saturated heterocycles. The zero-order valence-electron chi connectivity index (χ0n) is 9.56. The SMILES string of the molecule is N#CC1CCCC1N1CCC(C(N)=O)CC1. The Morgan fingerprint density at radius 3 is 2.50 bits per heavy atom. The Labute approximate surface area is 96.4 Å². The van der Waals surface area contributed by atoms with Crippen molar-refractivity contribution < 1.29 is 4.79 Å². The zero-order valence-corrected chi connectivity index (χ0v) is 9.56. The van der Waals surface area contributed by atoms with Gasteiger partial charge >= 0.3 is 0 Å². The smallest absolute Gasteiger partial charge is 0.220 e. The van der Waals surface area contributed by atoms with Crippen molar-refractivity contribution in [2.24, 2.45) is 17.6 Å². The van der Waals surface area contributed by atoms with Crippen LogP contribution < -0.4 is 5.73 Å². The summed E-state index contributed by atoms with van der Waals surface area (Å²) in [4.78, 5) is 13.4. The first-order chi connectivity index (χ1) is 7.72. The second kappa shape index (κ2) is 4.84. The molecule has 0 bridgehead atoms. The molecule has 1 heterocycles. The number of carbonyl (C=O) groups excluding carboxylic acids is 1. The summed E-state index contributed by atoms with van der Waals surface area (Å²) in [5, 5.41) is 9.06. The number of rotatable bonds is 2. The van der Waals surface area contributed by atoms with Gasteiger partial charge in [0, 0.05) is 12.0 Å². The molecule has 4 nitrogen and oxygen atoms in total. The maximum absolute atomic E-state index is 11.1. The zero-order chi connectivity index (χ0) is 11.5. The molecule has 1 aliphatic heterocycles. The topological polar surface area (TPSA) is 70.1 Å². The average Bonchev–Trinajstić information content (AvgIpc) is 2.77. The normalized spacial score (nSPS) is 32.4. The van der Waals surface area contributed by atoms with Gasteiger partial charge in [0.05, 0.1) is 12.0 Å². The van der Waals surface area contributed by atoms with Crippen LogP contribution in [0.4, 0.5) is 0 Å². The molecule has 2 unspecified atom stereocenters. The molecule has 0 aromatic rings. The first-order valence-corrected chi connectivity index (χ1v) is 6.15. The third-order valence-corrected chi connectivity index (χ3v) is 4.05. The Bertz CT molecular complexity index is 302. The van der Waals surface area contributed by atoms with E-state index >= 15 is 0 Å². The maximum Gasteiger partial charge on any atom is 0.220 e. The van der Waals surface area contributed by atoms with E-state index < -0.39 is 0 Å². The number of primary amides is 1. The minimum Gasteiger partial charge on any atom is -0.369 e. The van der Waals surface area contributed by atoms with Crippen LogP contribution in [-0.4, -0.2) is 29.9 Å². The monoisotopic (exact) mass is 221 g/mol. The third-order valence-electron chi connectivity index (χ3n) is 4.05. The van der Waals surface area contributed by atoms with Crippen LogP contribution in [-0.2, 0) is 4.79 Å². The number of nitrogens with two attached hydrogens (primary N) is 1. The fraction of sp³-hybridized carbons (Fsp3) is 0.833. The van der Waals surface area contributed by atoms with Crippen LogP contribution >= 0.6 is 0 Å². The molecule has 1 amide bonds. The van der Waals surface area contributed by atoms with Gasteiger partial charge in [-0.25, -0.2) is 0 Å². The van der Waals surface area contributed by atoms with Crippen LogP contribution in [0.2, 0.25) is 0 Å². The van der Waals surface area contributed by atoms with Gasteiger partial charge in [-0.1, -0.05) is 6.42 Å². The minimum atomic E-state index is -0.164. The van der Waals surface area contributed by atoms with Gasteiger partial charge < -0.3 is 5.73 Å². The molecule has 16 heavy (non-hydrogen) atoms. The highest BCUT2D eigenvalue weighted by atomic mass is 16.1. The first-order valence-electron chi connectivity index (χ1n) is 6.15. The predicted octanol–water partition coefficient (Wildman–Crippen LogP) is 0.876. The van der Waals surface area contributed by atoms with Gasteiger partial charge in [-0.3, -0.25) is 9.69 Å². The van der Waals surface area contributed by atoms with Crippen molar-refractivity contribution in [2.75, 3.05) is 13.1 Å². The molecule has 0 aromatic carbocycles. The fourth-order valence-corrected chi connectivity index (χ4v) is 3.04. The number of carbonyl (C=O) groups is 1. The van der Waals surface area contributed by atoms with E-state index in [0.29, 0.717) is 6.04 Å². The van der Waals surface area contributed by atoms with E-state index in [1.807, 2.05) is 0 Å². The summed E-state index contributed by atoms with van der Waals surface area (Å²) in [6.07, 6.45) is 5.07. The van der Waals surface area contributed by atoms with Gasteiger partial charge in [0.15, 0.2) is 0 Å². The summed E-state index contributed by atoms with van der Waals surface area (Å²) in [5.41, 5.74) is 5.31. The van der Waals surface area contributed by atoms with Crippen molar-refractivity contribution in [1.29, 1.82) is 5.26 Å². The molecule has 4 heteroatoms. The number of nitriles is 1. The van der Waals surface area contributed by atoms with E-state index in [2.05, 4.69) is 11.0 Å². The lowest BCUT2D eigenvalue weighted by atomic mass is 9.93. The highest BCUT2D eigenvalue weighted by molar-refractivity contribution is 5.76. The molecule has 88 valence electrons. The quantitative estimate of drug-likeness (QED) is 0.752. The molecule has 2 fully saturated rings. The Balaban J connectivity index is 1.89. The maximum atomic E-state index is 11.1. The Hall–Kier alpha value is -1.08.